The number of hydrogen-bond donors (Lipinski definition) is 1. The highest BCUT2D eigenvalue weighted by Gasteiger charge is 2.12. The summed E-state index contributed by atoms with van der Waals surface area (Å²) in [6.45, 7) is 12.8. The van der Waals surface area contributed by atoms with Crippen molar-refractivity contribution in [3.05, 3.63) is 11.1 Å². The first-order valence-corrected chi connectivity index (χ1v) is 4.66. The van der Waals surface area contributed by atoms with Gasteiger partial charge in [0.05, 0.1) is 0 Å². The molecule has 0 unspecified atom stereocenters. The molecule has 0 spiro atoms. The molecule has 0 fully saturated rings. The van der Waals surface area contributed by atoms with E-state index in [0.717, 1.165) is 17.7 Å². The van der Waals surface area contributed by atoms with E-state index in [1.54, 1.807) is 0 Å². The van der Waals surface area contributed by atoms with Gasteiger partial charge >= 0.3 is 0 Å². The molecule has 76 valence electrons. The maximum atomic E-state index is 11.5. The van der Waals surface area contributed by atoms with Gasteiger partial charge in [-0.25, -0.2) is 0 Å². The first-order chi connectivity index (χ1) is 5.74. The summed E-state index contributed by atoms with van der Waals surface area (Å²) in [5.41, 5.74) is 2.05. The second kappa shape index (κ2) is 4.45. The van der Waals surface area contributed by atoms with Crippen LogP contribution in [-0.4, -0.2) is 12.5 Å². The minimum atomic E-state index is 0.0509. The largest absolute Gasteiger partial charge is 0.352 e. The van der Waals surface area contributed by atoms with Gasteiger partial charge < -0.3 is 5.32 Å². The van der Waals surface area contributed by atoms with E-state index in [-0.39, 0.29) is 11.3 Å². The van der Waals surface area contributed by atoms with Crippen LogP contribution in [0.3, 0.4) is 0 Å². The molecule has 0 aliphatic rings. The van der Waals surface area contributed by atoms with Crippen molar-refractivity contribution in [2.45, 2.75) is 41.5 Å². The Labute approximate surface area is 81.4 Å². The van der Waals surface area contributed by atoms with E-state index in [9.17, 15) is 4.79 Å². The molecule has 0 saturated carbocycles. The zero-order chi connectivity index (χ0) is 10.6. The third-order valence-electron chi connectivity index (χ3n) is 1.87. The van der Waals surface area contributed by atoms with E-state index >= 15 is 0 Å². The molecule has 13 heavy (non-hydrogen) atoms. The van der Waals surface area contributed by atoms with Crippen LogP contribution in [-0.2, 0) is 4.79 Å². The number of nitrogens with one attached hydrogen (secondary N) is 1. The van der Waals surface area contributed by atoms with Crippen molar-refractivity contribution in [2.75, 3.05) is 6.54 Å². The smallest absolute Gasteiger partial charge is 0.246 e. The average molecular weight is 183 g/mol. The molecule has 2 heteroatoms. The Morgan fingerprint density at radius 2 is 1.62 bits per heavy atom. The van der Waals surface area contributed by atoms with Gasteiger partial charge in [-0.1, -0.05) is 26.3 Å². The fraction of sp³-hybridized carbons (Fsp3) is 0.727. The molecule has 1 amide bonds. The third-order valence-corrected chi connectivity index (χ3v) is 1.87. The van der Waals surface area contributed by atoms with Gasteiger partial charge in [-0.3, -0.25) is 4.79 Å². The molecule has 0 aliphatic heterocycles. The third kappa shape index (κ3) is 5.45. The molecule has 0 aromatic heterocycles. The highest BCUT2D eigenvalue weighted by Crippen LogP contribution is 2.11. The predicted octanol–water partition coefficient (Wildman–Crippen LogP) is 2.51. The molecular weight excluding hydrogens is 162 g/mol. The highest BCUT2D eigenvalue weighted by atomic mass is 16.1. The van der Waals surface area contributed by atoms with Gasteiger partial charge in [0.1, 0.15) is 0 Å². The first kappa shape index (κ1) is 12.2. The molecule has 0 rings (SSSR count). The Bertz CT molecular complexity index is 217. The van der Waals surface area contributed by atoms with Gasteiger partial charge in [-0.05, 0) is 26.2 Å². The topological polar surface area (TPSA) is 29.1 Å². The number of carbonyl (C=O) groups excluding carboxylic acids is 1. The van der Waals surface area contributed by atoms with Crippen molar-refractivity contribution in [1.29, 1.82) is 0 Å². The second-order valence-electron chi connectivity index (χ2n) is 4.87. The minimum absolute atomic E-state index is 0.0509. The fourth-order valence-corrected chi connectivity index (χ4v) is 0.705. The summed E-state index contributed by atoms with van der Waals surface area (Å²) in [6, 6.07) is 0. The van der Waals surface area contributed by atoms with Crippen molar-refractivity contribution in [3.63, 3.8) is 0 Å². The molecule has 2 nitrogen and oxygen atoms in total. The fourth-order valence-electron chi connectivity index (χ4n) is 0.705. The average Bonchev–Trinajstić information content (AvgIpc) is 1.97. The Kier molecular flexibility index (Phi) is 4.18. The SMILES string of the molecule is CC(C)=C(C)C(=O)NCC(C)(C)C. The lowest BCUT2D eigenvalue weighted by Gasteiger charge is -2.19. The Hall–Kier alpha value is -0.790. The normalized spacial score (nSPS) is 10.9. The lowest BCUT2D eigenvalue weighted by molar-refractivity contribution is -0.117. The molecule has 0 bridgehead atoms. The molecule has 0 aliphatic carbocycles. The maximum Gasteiger partial charge on any atom is 0.246 e. The van der Waals surface area contributed by atoms with Gasteiger partial charge in [0, 0.05) is 12.1 Å². The lowest BCUT2D eigenvalue weighted by Crippen LogP contribution is -2.32. The van der Waals surface area contributed by atoms with E-state index in [1.165, 1.54) is 0 Å². The maximum absolute atomic E-state index is 11.5. The number of hydrogen-bond acceptors (Lipinski definition) is 1. The van der Waals surface area contributed by atoms with Crippen molar-refractivity contribution < 1.29 is 4.79 Å². The van der Waals surface area contributed by atoms with Gasteiger partial charge in [-0.15, -0.1) is 0 Å². The molecule has 0 radical (unpaired) electrons. The number of allylic oxidation sites excluding steroid dienone is 1. The van der Waals surface area contributed by atoms with Crippen LogP contribution in [0.15, 0.2) is 11.1 Å². The summed E-state index contributed by atoms with van der Waals surface area (Å²) in [5, 5.41) is 2.91. The zero-order valence-corrected chi connectivity index (χ0v) is 9.62. The Balaban J connectivity index is 4.12. The van der Waals surface area contributed by atoms with E-state index < -0.39 is 0 Å². The summed E-state index contributed by atoms with van der Waals surface area (Å²) < 4.78 is 0. The quantitative estimate of drug-likeness (QED) is 0.655. The summed E-state index contributed by atoms with van der Waals surface area (Å²) in [6.07, 6.45) is 0. The number of amides is 1. The van der Waals surface area contributed by atoms with Crippen LogP contribution in [0.5, 0.6) is 0 Å². The Morgan fingerprint density at radius 1 is 1.15 bits per heavy atom. The minimum Gasteiger partial charge on any atom is -0.352 e. The van der Waals surface area contributed by atoms with Crippen molar-refractivity contribution >= 4 is 5.91 Å². The van der Waals surface area contributed by atoms with E-state index in [0.29, 0.717) is 0 Å². The van der Waals surface area contributed by atoms with Crippen LogP contribution < -0.4 is 5.32 Å². The summed E-state index contributed by atoms with van der Waals surface area (Å²) in [5.74, 6) is 0.0509. The standard InChI is InChI=1S/C11H21NO/c1-8(2)9(3)10(13)12-7-11(4,5)6/h7H2,1-6H3,(H,12,13). The molecule has 1 N–H and O–H groups in total. The molecule has 0 atom stereocenters. The lowest BCUT2D eigenvalue weighted by atomic mass is 9.97. The predicted molar refractivity (Wildman–Crippen MR) is 56.5 cm³/mol. The molecule has 0 aromatic carbocycles. The summed E-state index contributed by atoms with van der Waals surface area (Å²) in [7, 11) is 0. The van der Waals surface area contributed by atoms with Gasteiger partial charge in [0.2, 0.25) is 5.91 Å². The van der Waals surface area contributed by atoms with E-state index in [2.05, 4.69) is 26.1 Å². The summed E-state index contributed by atoms with van der Waals surface area (Å²) in [4.78, 5) is 11.5. The first-order valence-electron chi connectivity index (χ1n) is 4.66. The monoisotopic (exact) mass is 183 g/mol. The summed E-state index contributed by atoms with van der Waals surface area (Å²) >= 11 is 0. The second-order valence-corrected chi connectivity index (χ2v) is 4.87. The van der Waals surface area contributed by atoms with Crippen LogP contribution in [0.4, 0.5) is 0 Å². The number of carbonyl (C=O) groups is 1. The van der Waals surface area contributed by atoms with Gasteiger partial charge in [-0.2, -0.15) is 0 Å². The van der Waals surface area contributed by atoms with Gasteiger partial charge in [0.15, 0.2) is 0 Å². The van der Waals surface area contributed by atoms with Gasteiger partial charge in [0.25, 0.3) is 0 Å². The molecule has 0 heterocycles. The van der Waals surface area contributed by atoms with Crippen molar-refractivity contribution in [2.24, 2.45) is 5.41 Å². The molecular formula is C11H21NO. The Morgan fingerprint density at radius 3 is 1.92 bits per heavy atom. The van der Waals surface area contributed by atoms with E-state index in [1.807, 2.05) is 20.8 Å². The van der Waals surface area contributed by atoms with Crippen LogP contribution in [0.25, 0.3) is 0 Å². The number of rotatable bonds is 2. The van der Waals surface area contributed by atoms with Crippen LogP contribution in [0.1, 0.15) is 41.5 Å². The molecule has 0 aromatic rings. The zero-order valence-electron chi connectivity index (χ0n) is 9.62. The van der Waals surface area contributed by atoms with E-state index in [4.69, 9.17) is 0 Å². The van der Waals surface area contributed by atoms with Crippen LogP contribution >= 0.6 is 0 Å². The van der Waals surface area contributed by atoms with Crippen LogP contribution in [0, 0.1) is 5.41 Å². The highest BCUT2D eigenvalue weighted by molar-refractivity contribution is 5.93. The van der Waals surface area contributed by atoms with Crippen LogP contribution in [0.2, 0.25) is 0 Å². The van der Waals surface area contributed by atoms with Crippen molar-refractivity contribution in [3.8, 4) is 0 Å². The molecule has 0 saturated heterocycles. The van der Waals surface area contributed by atoms with Crippen molar-refractivity contribution in [1.82, 2.24) is 5.32 Å².